The molecule has 4 nitrogen and oxygen atoms in total. The van der Waals surface area contributed by atoms with E-state index >= 15 is 0 Å². The Balaban J connectivity index is 2.00. The third-order valence-electron chi connectivity index (χ3n) is 3.41. The highest BCUT2D eigenvalue weighted by molar-refractivity contribution is 6.36. The number of carbonyl (C=O) groups excluding carboxylic acids is 1. The lowest BCUT2D eigenvalue weighted by atomic mass is 10.1. The number of likely N-dealkylation sites (tertiary alicyclic amines) is 1. The van der Waals surface area contributed by atoms with Gasteiger partial charge in [-0.1, -0.05) is 23.2 Å². The van der Waals surface area contributed by atoms with Crippen LogP contribution in [0.5, 0.6) is 0 Å². The second-order valence-corrected chi connectivity index (χ2v) is 5.65. The smallest absolute Gasteiger partial charge is 0.255 e. The maximum Gasteiger partial charge on any atom is 0.255 e. The Morgan fingerprint density at radius 1 is 1.33 bits per heavy atom. The summed E-state index contributed by atoms with van der Waals surface area (Å²) in [6.45, 7) is 1.30. The van der Waals surface area contributed by atoms with Gasteiger partial charge in [0, 0.05) is 13.1 Å². The Bertz CT molecular complexity index is 519. The van der Waals surface area contributed by atoms with E-state index in [-0.39, 0.29) is 34.2 Å². The first-order chi connectivity index (χ1) is 10.0. The molecule has 0 unspecified atom stereocenters. The minimum atomic E-state index is -0.661. The first-order valence-electron chi connectivity index (χ1n) is 6.69. The predicted molar refractivity (Wildman–Crippen MR) is 78.4 cm³/mol. The van der Waals surface area contributed by atoms with Crippen molar-refractivity contribution >= 4 is 29.1 Å². The summed E-state index contributed by atoms with van der Waals surface area (Å²) < 4.78 is 18.9. The van der Waals surface area contributed by atoms with Crippen molar-refractivity contribution in [2.24, 2.45) is 0 Å². The molecule has 1 heterocycles. The highest BCUT2D eigenvalue weighted by Gasteiger charge is 2.25. The average molecular weight is 336 g/mol. The van der Waals surface area contributed by atoms with Gasteiger partial charge in [0.25, 0.3) is 5.91 Å². The quantitative estimate of drug-likeness (QED) is 0.860. The number of hydrogen-bond donors (Lipinski definition) is 1. The fraction of sp³-hybridized carbons (Fsp3) is 0.500. The number of hydrogen-bond acceptors (Lipinski definition) is 3. The van der Waals surface area contributed by atoms with Gasteiger partial charge in [-0.15, -0.1) is 0 Å². The Hall–Kier alpha value is -0.880. The molecule has 1 N–H and O–H groups in total. The predicted octanol–water partition coefficient (Wildman–Crippen LogP) is 2.75. The van der Waals surface area contributed by atoms with E-state index in [4.69, 9.17) is 33.0 Å². The molecule has 0 bridgehead atoms. The van der Waals surface area contributed by atoms with Crippen molar-refractivity contribution in [3.8, 4) is 0 Å². The molecule has 1 aliphatic rings. The normalized spacial score (nSPS) is 16.3. The molecule has 1 fully saturated rings. The van der Waals surface area contributed by atoms with Crippen LogP contribution in [0.4, 0.5) is 4.39 Å². The Morgan fingerprint density at radius 3 is 2.62 bits per heavy atom. The summed E-state index contributed by atoms with van der Waals surface area (Å²) in [5.41, 5.74) is 0.119. The first kappa shape index (κ1) is 16.5. The molecule has 0 aromatic heterocycles. The van der Waals surface area contributed by atoms with Crippen LogP contribution in [0.2, 0.25) is 10.0 Å². The van der Waals surface area contributed by atoms with Crippen molar-refractivity contribution in [3.63, 3.8) is 0 Å². The molecule has 0 saturated carbocycles. The standard InChI is InChI=1S/C14H16Cl2FNO3/c15-11-8-12(16)13(17)7-10(11)14(20)18-3-1-9(2-4-18)21-6-5-19/h7-9,19H,1-6H2. The second-order valence-electron chi connectivity index (χ2n) is 4.83. The van der Waals surface area contributed by atoms with Crippen LogP contribution in [0.1, 0.15) is 23.2 Å². The molecular weight excluding hydrogens is 320 g/mol. The number of amides is 1. The van der Waals surface area contributed by atoms with E-state index in [0.29, 0.717) is 32.5 Å². The van der Waals surface area contributed by atoms with Crippen molar-refractivity contribution in [3.05, 3.63) is 33.6 Å². The molecule has 0 spiro atoms. The van der Waals surface area contributed by atoms with Gasteiger partial charge in [0.1, 0.15) is 5.82 Å². The minimum Gasteiger partial charge on any atom is -0.394 e. The summed E-state index contributed by atoms with van der Waals surface area (Å²) >= 11 is 11.6. The van der Waals surface area contributed by atoms with Crippen LogP contribution in [-0.2, 0) is 4.74 Å². The molecule has 1 aromatic carbocycles. The molecule has 0 radical (unpaired) electrons. The number of carbonyl (C=O) groups is 1. The van der Waals surface area contributed by atoms with Gasteiger partial charge in [-0.2, -0.15) is 0 Å². The van der Waals surface area contributed by atoms with Gasteiger partial charge in [-0.3, -0.25) is 4.79 Å². The largest absolute Gasteiger partial charge is 0.394 e. The lowest BCUT2D eigenvalue weighted by molar-refractivity contribution is -0.00554. The van der Waals surface area contributed by atoms with E-state index in [1.165, 1.54) is 6.07 Å². The van der Waals surface area contributed by atoms with E-state index in [2.05, 4.69) is 0 Å². The number of aliphatic hydroxyl groups excluding tert-OH is 1. The van der Waals surface area contributed by atoms with E-state index in [1.807, 2.05) is 0 Å². The average Bonchev–Trinajstić information content (AvgIpc) is 2.48. The molecule has 0 atom stereocenters. The highest BCUT2D eigenvalue weighted by atomic mass is 35.5. The van der Waals surface area contributed by atoms with Crippen molar-refractivity contribution in [1.82, 2.24) is 4.90 Å². The van der Waals surface area contributed by atoms with Crippen LogP contribution in [0.15, 0.2) is 12.1 Å². The van der Waals surface area contributed by atoms with Crippen molar-refractivity contribution in [2.75, 3.05) is 26.3 Å². The highest BCUT2D eigenvalue weighted by Crippen LogP contribution is 2.26. The zero-order valence-corrected chi connectivity index (χ0v) is 12.8. The number of halogens is 3. The van der Waals surface area contributed by atoms with E-state index in [9.17, 15) is 9.18 Å². The van der Waals surface area contributed by atoms with Crippen LogP contribution in [-0.4, -0.2) is 48.3 Å². The summed E-state index contributed by atoms with van der Waals surface area (Å²) in [6.07, 6.45) is 1.40. The molecule has 21 heavy (non-hydrogen) atoms. The van der Waals surface area contributed by atoms with Crippen molar-refractivity contribution < 1.29 is 19.0 Å². The van der Waals surface area contributed by atoms with Crippen molar-refractivity contribution in [1.29, 1.82) is 0 Å². The number of piperidine rings is 1. The molecule has 2 rings (SSSR count). The summed E-state index contributed by atoms with van der Waals surface area (Å²) in [7, 11) is 0. The van der Waals surface area contributed by atoms with Gasteiger partial charge < -0.3 is 14.7 Å². The molecule has 1 saturated heterocycles. The maximum atomic E-state index is 13.5. The zero-order chi connectivity index (χ0) is 15.4. The molecular formula is C14H16Cl2FNO3. The van der Waals surface area contributed by atoms with Crippen molar-refractivity contribution in [2.45, 2.75) is 18.9 Å². The van der Waals surface area contributed by atoms with Crippen LogP contribution < -0.4 is 0 Å². The lowest BCUT2D eigenvalue weighted by Gasteiger charge is -2.32. The monoisotopic (exact) mass is 335 g/mol. The van der Waals surface area contributed by atoms with Gasteiger partial charge in [-0.25, -0.2) is 4.39 Å². The summed E-state index contributed by atoms with van der Waals surface area (Å²) in [5, 5.41) is 8.75. The first-order valence-corrected chi connectivity index (χ1v) is 7.44. The third kappa shape index (κ3) is 4.07. The maximum absolute atomic E-state index is 13.5. The zero-order valence-electron chi connectivity index (χ0n) is 11.3. The third-order valence-corrected chi connectivity index (χ3v) is 4.02. The molecule has 7 heteroatoms. The van der Waals surface area contributed by atoms with Gasteiger partial charge in [-0.05, 0) is 25.0 Å². The lowest BCUT2D eigenvalue weighted by Crippen LogP contribution is -2.41. The number of ether oxygens (including phenoxy) is 1. The number of aliphatic hydroxyl groups is 1. The molecule has 0 aliphatic carbocycles. The number of benzene rings is 1. The summed E-state index contributed by atoms with van der Waals surface area (Å²) in [5.74, 6) is -0.971. The minimum absolute atomic E-state index is 0.0151. The van der Waals surface area contributed by atoms with Gasteiger partial charge in [0.2, 0.25) is 0 Å². The number of nitrogens with zero attached hydrogens (tertiary/aromatic N) is 1. The second kappa shape index (κ2) is 7.40. The van der Waals surface area contributed by atoms with Crippen LogP contribution in [0.25, 0.3) is 0 Å². The van der Waals surface area contributed by atoms with Crippen LogP contribution >= 0.6 is 23.2 Å². The molecule has 1 amide bonds. The van der Waals surface area contributed by atoms with Crippen LogP contribution in [0.3, 0.4) is 0 Å². The topological polar surface area (TPSA) is 49.8 Å². The molecule has 116 valence electrons. The van der Waals surface area contributed by atoms with Gasteiger partial charge >= 0.3 is 0 Å². The Labute approximate surface area is 132 Å². The molecule has 1 aromatic rings. The number of rotatable bonds is 4. The fourth-order valence-electron chi connectivity index (χ4n) is 2.30. The summed E-state index contributed by atoms with van der Waals surface area (Å²) in [6, 6.07) is 2.31. The van der Waals surface area contributed by atoms with E-state index in [1.54, 1.807) is 4.90 Å². The summed E-state index contributed by atoms with van der Waals surface area (Å²) in [4.78, 5) is 14.0. The Kier molecular flexibility index (Phi) is 5.81. The van der Waals surface area contributed by atoms with Gasteiger partial charge in [0.15, 0.2) is 0 Å². The fourth-order valence-corrected chi connectivity index (χ4v) is 2.77. The van der Waals surface area contributed by atoms with Gasteiger partial charge in [0.05, 0.1) is 34.9 Å². The Morgan fingerprint density at radius 2 is 2.00 bits per heavy atom. The molecule has 1 aliphatic heterocycles. The SMILES string of the molecule is O=C(c1cc(F)c(Cl)cc1Cl)N1CCC(OCCO)CC1. The van der Waals surface area contributed by atoms with Crippen LogP contribution in [0, 0.1) is 5.82 Å². The van der Waals surface area contributed by atoms with E-state index < -0.39 is 5.82 Å². The van der Waals surface area contributed by atoms with E-state index in [0.717, 1.165) is 6.07 Å².